The van der Waals surface area contributed by atoms with E-state index in [9.17, 15) is 19.2 Å². The van der Waals surface area contributed by atoms with Crippen molar-refractivity contribution >= 4 is 34.4 Å². The maximum absolute atomic E-state index is 14.5. The van der Waals surface area contributed by atoms with E-state index in [4.69, 9.17) is 5.10 Å². The van der Waals surface area contributed by atoms with Crippen molar-refractivity contribution in [1.29, 1.82) is 0 Å². The molecule has 4 heterocycles. The SMILES string of the molecule is CC(=O)c1nn2c3c(cc(-c4cnc(C)nc4)cc13)CCCCCCC(=O)NC[C@@]13C[C@@H](C(=O)NCCC(C)(C)C)N(C(=O)C2)[C@@H]1[C@@H]3C. The maximum atomic E-state index is 14.5. The fourth-order valence-corrected chi connectivity index (χ4v) is 7.91. The number of hydrogen-bond acceptors (Lipinski definition) is 7. The van der Waals surface area contributed by atoms with E-state index in [1.165, 1.54) is 6.92 Å². The largest absolute Gasteiger partial charge is 0.355 e. The molecule has 4 atom stereocenters. The highest BCUT2D eigenvalue weighted by molar-refractivity contribution is 6.07. The van der Waals surface area contributed by atoms with Crippen LogP contribution in [0.15, 0.2) is 24.5 Å². The molecule has 2 fully saturated rings. The third kappa shape index (κ3) is 6.60. The Morgan fingerprint density at radius 3 is 2.44 bits per heavy atom. The summed E-state index contributed by atoms with van der Waals surface area (Å²) in [5, 5.41) is 11.7. The molecule has 48 heavy (non-hydrogen) atoms. The normalized spacial score (nSPS) is 25.0. The molecule has 0 unspecified atom stereocenters. The molecule has 1 saturated carbocycles. The molecule has 1 saturated heterocycles. The Morgan fingerprint density at radius 2 is 1.75 bits per heavy atom. The van der Waals surface area contributed by atoms with Crippen molar-refractivity contribution in [3.05, 3.63) is 41.6 Å². The fraction of sp³-hybridized carbons (Fsp3) is 0.595. The zero-order valence-electron chi connectivity index (χ0n) is 29.2. The predicted molar refractivity (Wildman–Crippen MR) is 183 cm³/mol. The summed E-state index contributed by atoms with van der Waals surface area (Å²) in [4.78, 5) is 64.6. The summed E-state index contributed by atoms with van der Waals surface area (Å²) in [5.41, 5.74) is 3.51. The van der Waals surface area contributed by atoms with Crippen molar-refractivity contribution in [2.75, 3.05) is 13.1 Å². The zero-order valence-corrected chi connectivity index (χ0v) is 29.2. The second-order valence-corrected chi connectivity index (χ2v) is 15.4. The third-order valence-corrected chi connectivity index (χ3v) is 10.7. The lowest BCUT2D eigenvalue weighted by molar-refractivity contribution is -0.140. The number of carbonyl (C=O) groups excluding carboxylic acids is 4. The highest BCUT2D eigenvalue weighted by atomic mass is 16.2. The number of ketones is 1. The van der Waals surface area contributed by atoms with E-state index >= 15 is 0 Å². The van der Waals surface area contributed by atoms with Gasteiger partial charge in [-0.1, -0.05) is 40.5 Å². The van der Waals surface area contributed by atoms with Crippen LogP contribution in [0.1, 0.15) is 101 Å². The van der Waals surface area contributed by atoms with Crippen molar-refractivity contribution in [2.24, 2.45) is 16.7 Å². The number of amides is 3. The molecule has 0 radical (unpaired) electrons. The Labute approximate surface area is 282 Å². The van der Waals surface area contributed by atoms with Crippen LogP contribution in [0.25, 0.3) is 22.0 Å². The second-order valence-electron chi connectivity index (χ2n) is 15.4. The van der Waals surface area contributed by atoms with Crippen molar-refractivity contribution in [3.8, 4) is 11.1 Å². The van der Waals surface area contributed by atoms with Gasteiger partial charge < -0.3 is 15.5 Å². The van der Waals surface area contributed by atoms with Crippen LogP contribution in [0.2, 0.25) is 0 Å². The Morgan fingerprint density at radius 1 is 1.04 bits per heavy atom. The molecule has 0 spiro atoms. The van der Waals surface area contributed by atoms with Gasteiger partial charge in [0.1, 0.15) is 24.1 Å². The van der Waals surface area contributed by atoms with Gasteiger partial charge in [0.25, 0.3) is 0 Å². The first kappa shape index (κ1) is 33.7. The second kappa shape index (κ2) is 13.0. The van der Waals surface area contributed by atoms with Crippen LogP contribution in [0.3, 0.4) is 0 Å². The molecule has 11 heteroatoms. The number of aromatic nitrogens is 4. The number of rotatable bonds is 5. The van der Waals surface area contributed by atoms with Gasteiger partial charge >= 0.3 is 0 Å². The number of nitrogens with one attached hydrogen (secondary N) is 2. The van der Waals surface area contributed by atoms with Crippen molar-refractivity contribution < 1.29 is 19.2 Å². The van der Waals surface area contributed by atoms with Gasteiger partial charge in [0.15, 0.2) is 5.78 Å². The highest BCUT2D eigenvalue weighted by Crippen LogP contribution is 2.64. The minimum atomic E-state index is -0.642. The number of benzene rings is 1. The van der Waals surface area contributed by atoms with Crippen LogP contribution in [0.5, 0.6) is 0 Å². The molecule has 2 N–H and O–H groups in total. The van der Waals surface area contributed by atoms with Crippen molar-refractivity contribution in [2.45, 2.75) is 112 Å². The molecule has 3 aliphatic rings. The van der Waals surface area contributed by atoms with Gasteiger partial charge in [-0.25, -0.2) is 9.97 Å². The number of aryl methyl sites for hydroxylation is 2. The Kier molecular flexibility index (Phi) is 9.17. The summed E-state index contributed by atoms with van der Waals surface area (Å²) in [6.45, 7) is 12.7. The van der Waals surface area contributed by atoms with E-state index in [0.29, 0.717) is 49.3 Å². The molecule has 256 valence electrons. The summed E-state index contributed by atoms with van der Waals surface area (Å²) in [6.07, 6.45) is 9.59. The number of piperidine rings is 1. The van der Waals surface area contributed by atoms with E-state index in [0.717, 1.165) is 54.3 Å². The summed E-state index contributed by atoms with van der Waals surface area (Å²) in [6, 6.07) is 3.24. The summed E-state index contributed by atoms with van der Waals surface area (Å²) in [5.74, 6) is 0.280. The van der Waals surface area contributed by atoms with Crippen LogP contribution in [-0.4, -0.2) is 73.3 Å². The zero-order chi connectivity index (χ0) is 34.4. The van der Waals surface area contributed by atoms with Gasteiger partial charge in [0.2, 0.25) is 17.7 Å². The first-order valence-corrected chi connectivity index (χ1v) is 17.5. The average molecular weight is 656 g/mol. The van der Waals surface area contributed by atoms with Crippen molar-refractivity contribution in [1.82, 2.24) is 35.3 Å². The Bertz CT molecular complexity index is 1740. The van der Waals surface area contributed by atoms with Crippen molar-refractivity contribution in [3.63, 3.8) is 0 Å². The number of Topliss-reactive ketones (excluding diaryl/α,β-unsaturated/α-hetero) is 1. The minimum absolute atomic E-state index is 0.0223. The van der Waals surface area contributed by atoms with Gasteiger partial charge in [0, 0.05) is 61.2 Å². The van der Waals surface area contributed by atoms with E-state index < -0.39 is 6.04 Å². The molecule has 1 aromatic carbocycles. The lowest BCUT2D eigenvalue weighted by atomic mass is 9.92. The van der Waals surface area contributed by atoms with Gasteiger partial charge in [-0.05, 0) is 73.6 Å². The lowest BCUT2D eigenvalue weighted by Gasteiger charge is -2.29. The molecular formula is C37H49N7O4. The topological polar surface area (TPSA) is 139 Å². The van der Waals surface area contributed by atoms with Gasteiger partial charge in [-0.15, -0.1) is 0 Å². The molecule has 2 aromatic heterocycles. The Balaban J connectivity index is 1.40. The monoisotopic (exact) mass is 655 g/mol. The Hall–Kier alpha value is -4.15. The fourth-order valence-electron chi connectivity index (χ4n) is 7.91. The van der Waals surface area contributed by atoms with Gasteiger partial charge in [0.05, 0.1) is 5.52 Å². The third-order valence-electron chi connectivity index (χ3n) is 10.7. The first-order valence-electron chi connectivity index (χ1n) is 17.5. The first-order chi connectivity index (χ1) is 22.8. The molecule has 3 aromatic rings. The van der Waals surface area contributed by atoms with Crippen LogP contribution in [0, 0.1) is 23.7 Å². The van der Waals surface area contributed by atoms with Crippen LogP contribution in [0.4, 0.5) is 0 Å². The molecular weight excluding hydrogens is 606 g/mol. The summed E-state index contributed by atoms with van der Waals surface area (Å²) in [7, 11) is 0. The lowest BCUT2D eigenvalue weighted by Crippen LogP contribution is -2.50. The molecule has 3 amide bonds. The molecule has 6 rings (SSSR count). The van der Waals surface area contributed by atoms with E-state index in [1.807, 2.05) is 13.0 Å². The maximum Gasteiger partial charge on any atom is 0.245 e. The molecule has 11 nitrogen and oxygen atoms in total. The number of carbonyl (C=O) groups is 4. The summed E-state index contributed by atoms with van der Waals surface area (Å²) < 4.78 is 1.68. The predicted octanol–water partition coefficient (Wildman–Crippen LogP) is 4.79. The molecule has 1 aliphatic carbocycles. The standard InChI is InChI=1S/C37H49N7O4/c1-22-34-37(22)17-29(35(48)38-14-13-36(4,5)6)44(34)31(47)20-43-33-25(11-9-7-8-10-12-30(46)41-21-37)15-26(27-18-39-24(3)40-19-27)16-28(33)32(42-43)23(2)45/h15-16,18-19,22,29,34H,7-14,17,20-21H2,1-6H3,(H,38,48)(H,41,46)/t22-,29-,34+,37+/m0/s1. The summed E-state index contributed by atoms with van der Waals surface area (Å²) >= 11 is 0. The van der Waals surface area contributed by atoms with Crippen LogP contribution in [-0.2, 0) is 27.3 Å². The molecule has 2 aliphatic heterocycles. The van der Waals surface area contributed by atoms with Crippen LogP contribution < -0.4 is 10.6 Å². The minimum Gasteiger partial charge on any atom is -0.355 e. The van der Waals surface area contributed by atoms with Gasteiger partial charge in [-0.3, -0.25) is 23.9 Å². The number of nitrogens with zero attached hydrogens (tertiary/aromatic N) is 5. The smallest absolute Gasteiger partial charge is 0.245 e. The number of hydrogen-bond donors (Lipinski definition) is 2. The van der Waals surface area contributed by atoms with Crippen LogP contribution >= 0.6 is 0 Å². The van der Waals surface area contributed by atoms with Gasteiger partial charge in [-0.2, -0.15) is 5.10 Å². The van der Waals surface area contributed by atoms with E-state index in [-0.39, 0.29) is 52.8 Å². The van der Waals surface area contributed by atoms with E-state index in [2.05, 4.69) is 54.4 Å². The average Bonchev–Trinajstić information content (AvgIpc) is 3.29. The molecule has 2 bridgehead atoms. The highest BCUT2D eigenvalue weighted by Gasteiger charge is 2.72. The quantitative estimate of drug-likeness (QED) is 0.377. The van der Waals surface area contributed by atoms with E-state index in [1.54, 1.807) is 22.0 Å².